The van der Waals surface area contributed by atoms with E-state index < -0.39 is 0 Å². The number of rotatable bonds is 5. The van der Waals surface area contributed by atoms with E-state index in [1.807, 2.05) is 12.1 Å². The van der Waals surface area contributed by atoms with Gasteiger partial charge in [-0.3, -0.25) is 0 Å². The van der Waals surface area contributed by atoms with Crippen LogP contribution in [0.2, 0.25) is 0 Å². The number of hydrogen-bond acceptors (Lipinski definition) is 2. The molecule has 88 valence electrons. The van der Waals surface area contributed by atoms with E-state index in [2.05, 4.69) is 31.3 Å². The van der Waals surface area contributed by atoms with E-state index in [4.69, 9.17) is 4.74 Å². The standard InChI is InChI=1S/C14H21NO/c1-11(14(2)8-9-14)15-10-12-6-4-5-7-13(12)16-3/h4-7,11,15H,8-10H2,1-3H3. The number of benzene rings is 1. The maximum atomic E-state index is 5.34. The Kier molecular flexibility index (Phi) is 3.20. The Bertz CT molecular complexity index is 358. The number of para-hydroxylation sites is 1. The van der Waals surface area contributed by atoms with E-state index in [0.717, 1.165) is 12.3 Å². The van der Waals surface area contributed by atoms with Crippen LogP contribution < -0.4 is 10.1 Å². The minimum atomic E-state index is 0.530. The summed E-state index contributed by atoms with van der Waals surface area (Å²) in [7, 11) is 1.73. The molecule has 0 bridgehead atoms. The lowest BCUT2D eigenvalue weighted by Gasteiger charge is -2.21. The molecule has 1 fully saturated rings. The first-order valence-corrected chi connectivity index (χ1v) is 6.01. The summed E-state index contributed by atoms with van der Waals surface area (Å²) in [5, 5.41) is 3.60. The summed E-state index contributed by atoms with van der Waals surface area (Å²) in [6.45, 7) is 5.52. The van der Waals surface area contributed by atoms with E-state index in [9.17, 15) is 0 Å². The van der Waals surface area contributed by atoms with Gasteiger partial charge in [-0.05, 0) is 31.2 Å². The van der Waals surface area contributed by atoms with Crippen molar-refractivity contribution >= 4 is 0 Å². The fourth-order valence-corrected chi connectivity index (χ4v) is 1.99. The Morgan fingerprint density at radius 2 is 2.06 bits per heavy atom. The molecule has 1 atom stereocenters. The van der Waals surface area contributed by atoms with Crippen molar-refractivity contribution in [3.05, 3.63) is 29.8 Å². The van der Waals surface area contributed by atoms with E-state index in [-0.39, 0.29) is 0 Å². The molecule has 2 rings (SSSR count). The van der Waals surface area contributed by atoms with E-state index >= 15 is 0 Å². The van der Waals surface area contributed by atoms with Crippen LogP contribution in [0.1, 0.15) is 32.3 Å². The highest BCUT2D eigenvalue weighted by Gasteiger charge is 2.42. The molecule has 1 aromatic carbocycles. The third-order valence-electron chi connectivity index (χ3n) is 3.88. The Hall–Kier alpha value is -1.02. The van der Waals surface area contributed by atoms with Gasteiger partial charge in [0, 0.05) is 18.2 Å². The molecular weight excluding hydrogens is 198 g/mol. The number of hydrogen-bond donors (Lipinski definition) is 1. The van der Waals surface area contributed by atoms with Gasteiger partial charge in [0.2, 0.25) is 0 Å². The first kappa shape index (κ1) is 11.5. The van der Waals surface area contributed by atoms with Crippen molar-refractivity contribution in [1.82, 2.24) is 5.32 Å². The Labute approximate surface area is 98.0 Å². The zero-order chi connectivity index (χ0) is 11.6. The molecule has 1 aliphatic carbocycles. The quantitative estimate of drug-likeness (QED) is 0.822. The second-order valence-electron chi connectivity index (χ2n) is 5.07. The molecule has 0 aliphatic heterocycles. The number of ether oxygens (including phenoxy) is 1. The van der Waals surface area contributed by atoms with Crippen LogP contribution >= 0.6 is 0 Å². The molecule has 16 heavy (non-hydrogen) atoms. The van der Waals surface area contributed by atoms with Crippen molar-refractivity contribution < 1.29 is 4.74 Å². The molecule has 0 aromatic heterocycles. The summed E-state index contributed by atoms with van der Waals surface area (Å²) >= 11 is 0. The molecule has 1 aromatic rings. The molecule has 0 radical (unpaired) electrons. The fourth-order valence-electron chi connectivity index (χ4n) is 1.99. The minimum Gasteiger partial charge on any atom is -0.496 e. The normalized spacial score (nSPS) is 19.2. The van der Waals surface area contributed by atoms with Crippen LogP contribution in [-0.4, -0.2) is 13.2 Å². The fraction of sp³-hybridized carbons (Fsp3) is 0.571. The van der Waals surface area contributed by atoms with Crippen LogP contribution in [0.5, 0.6) is 5.75 Å². The number of methoxy groups -OCH3 is 1. The lowest BCUT2D eigenvalue weighted by atomic mass is 10.0. The maximum absolute atomic E-state index is 5.34. The molecule has 0 heterocycles. The van der Waals surface area contributed by atoms with Crippen LogP contribution in [0.25, 0.3) is 0 Å². The van der Waals surface area contributed by atoms with Crippen LogP contribution in [-0.2, 0) is 6.54 Å². The second-order valence-corrected chi connectivity index (χ2v) is 5.07. The minimum absolute atomic E-state index is 0.530. The lowest BCUT2D eigenvalue weighted by Crippen LogP contribution is -2.32. The highest BCUT2D eigenvalue weighted by atomic mass is 16.5. The van der Waals surface area contributed by atoms with Crippen LogP contribution in [0.15, 0.2) is 24.3 Å². The van der Waals surface area contributed by atoms with Gasteiger partial charge in [-0.2, -0.15) is 0 Å². The summed E-state index contributed by atoms with van der Waals surface area (Å²) in [5.74, 6) is 0.975. The zero-order valence-electron chi connectivity index (χ0n) is 10.4. The van der Waals surface area contributed by atoms with Gasteiger partial charge in [0.15, 0.2) is 0 Å². The summed E-state index contributed by atoms with van der Waals surface area (Å²) in [6, 6.07) is 8.78. The van der Waals surface area contributed by atoms with Gasteiger partial charge in [-0.1, -0.05) is 25.1 Å². The SMILES string of the molecule is COc1ccccc1CNC(C)C1(C)CC1. The molecule has 1 aliphatic rings. The Morgan fingerprint density at radius 1 is 1.38 bits per heavy atom. The van der Waals surface area contributed by atoms with Crippen LogP contribution in [0.3, 0.4) is 0 Å². The van der Waals surface area contributed by atoms with Crippen molar-refractivity contribution in [2.75, 3.05) is 7.11 Å². The van der Waals surface area contributed by atoms with Crippen molar-refractivity contribution in [2.24, 2.45) is 5.41 Å². The van der Waals surface area contributed by atoms with Crippen molar-refractivity contribution in [3.63, 3.8) is 0 Å². The third kappa shape index (κ3) is 2.38. The van der Waals surface area contributed by atoms with Crippen molar-refractivity contribution in [1.29, 1.82) is 0 Å². The highest BCUT2D eigenvalue weighted by molar-refractivity contribution is 5.33. The zero-order valence-corrected chi connectivity index (χ0v) is 10.4. The van der Waals surface area contributed by atoms with Crippen molar-refractivity contribution in [2.45, 2.75) is 39.3 Å². The maximum Gasteiger partial charge on any atom is 0.123 e. The van der Waals surface area contributed by atoms with E-state index in [1.165, 1.54) is 18.4 Å². The molecule has 0 spiro atoms. The van der Waals surface area contributed by atoms with Gasteiger partial charge in [0.1, 0.15) is 5.75 Å². The average molecular weight is 219 g/mol. The molecule has 0 saturated heterocycles. The van der Waals surface area contributed by atoms with Crippen LogP contribution in [0.4, 0.5) is 0 Å². The first-order chi connectivity index (χ1) is 7.65. The van der Waals surface area contributed by atoms with E-state index in [0.29, 0.717) is 11.5 Å². The smallest absolute Gasteiger partial charge is 0.123 e. The van der Waals surface area contributed by atoms with Crippen molar-refractivity contribution in [3.8, 4) is 5.75 Å². The monoisotopic (exact) mass is 219 g/mol. The van der Waals surface area contributed by atoms with Gasteiger partial charge in [0.25, 0.3) is 0 Å². The highest BCUT2D eigenvalue weighted by Crippen LogP contribution is 2.48. The molecular formula is C14H21NO. The Balaban J connectivity index is 1.94. The Morgan fingerprint density at radius 3 is 2.69 bits per heavy atom. The van der Waals surface area contributed by atoms with Gasteiger partial charge in [-0.15, -0.1) is 0 Å². The summed E-state index contributed by atoms with van der Waals surface area (Å²) < 4.78 is 5.34. The van der Waals surface area contributed by atoms with Gasteiger partial charge >= 0.3 is 0 Å². The summed E-state index contributed by atoms with van der Waals surface area (Å²) in [4.78, 5) is 0. The first-order valence-electron chi connectivity index (χ1n) is 6.01. The summed E-state index contributed by atoms with van der Waals surface area (Å²) in [6.07, 6.45) is 2.71. The third-order valence-corrected chi connectivity index (χ3v) is 3.88. The average Bonchev–Trinajstić information content (AvgIpc) is 3.06. The molecule has 1 unspecified atom stereocenters. The van der Waals surface area contributed by atoms with Gasteiger partial charge < -0.3 is 10.1 Å². The molecule has 0 amide bonds. The second kappa shape index (κ2) is 4.46. The number of nitrogens with one attached hydrogen (secondary N) is 1. The van der Waals surface area contributed by atoms with Gasteiger partial charge in [-0.25, -0.2) is 0 Å². The molecule has 2 nitrogen and oxygen atoms in total. The summed E-state index contributed by atoms with van der Waals surface area (Å²) in [5.41, 5.74) is 1.77. The molecule has 2 heteroatoms. The molecule has 1 saturated carbocycles. The molecule has 1 N–H and O–H groups in total. The predicted molar refractivity (Wildman–Crippen MR) is 66.6 cm³/mol. The lowest BCUT2D eigenvalue weighted by molar-refractivity contribution is 0.370. The van der Waals surface area contributed by atoms with Crippen LogP contribution in [0, 0.1) is 5.41 Å². The largest absolute Gasteiger partial charge is 0.496 e. The topological polar surface area (TPSA) is 21.3 Å². The van der Waals surface area contributed by atoms with E-state index in [1.54, 1.807) is 7.11 Å². The predicted octanol–water partition coefficient (Wildman–Crippen LogP) is 2.97. The van der Waals surface area contributed by atoms with Gasteiger partial charge in [0.05, 0.1) is 7.11 Å².